The number of aromatic nitrogens is 2. The number of H-pyrrole nitrogens is 1. The van der Waals surface area contributed by atoms with E-state index >= 15 is 0 Å². The van der Waals surface area contributed by atoms with E-state index in [2.05, 4.69) is 15.3 Å². The number of carbonyl (C=O) groups excluding carboxylic acids is 1. The highest BCUT2D eigenvalue weighted by Crippen LogP contribution is 2.27. The van der Waals surface area contributed by atoms with Gasteiger partial charge in [0.2, 0.25) is 5.91 Å². The SMILES string of the molecule is COc1ccc(NC(=O)Cc2cnc[nH]2)cc1Cl. The molecule has 18 heavy (non-hydrogen) atoms. The van der Waals surface area contributed by atoms with Crippen LogP contribution in [0.4, 0.5) is 5.69 Å². The van der Waals surface area contributed by atoms with Crippen LogP contribution in [-0.2, 0) is 11.2 Å². The Bertz CT molecular complexity index is 540. The third-order valence-corrected chi connectivity index (χ3v) is 2.64. The summed E-state index contributed by atoms with van der Waals surface area (Å²) in [5.74, 6) is 0.434. The second-order valence-electron chi connectivity index (χ2n) is 3.65. The normalized spacial score (nSPS) is 10.1. The van der Waals surface area contributed by atoms with Crippen molar-refractivity contribution in [2.24, 2.45) is 0 Å². The van der Waals surface area contributed by atoms with E-state index in [1.807, 2.05) is 0 Å². The van der Waals surface area contributed by atoms with E-state index in [9.17, 15) is 4.79 Å². The summed E-state index contributed by atoms with van der Waals surface area (Å²) in [5.41, 5.74) is 1.39. The van der Waals surface area contributed by atoms with E-state index in [1.165, 1.54) is 13.4 Å². The maximum absolute atomic E-state index is 11.7. The van der Waals surface area contributed by atoms with Gasteiger partial charge in [0.1, 0.15) is 5.75 Å². The Morgan fingerprint density at radius 1 is 1.56 bits per heavy atom. The molecule has 2 aromatic rings. The Labute approximate surface area is 109 Å². The van der Waals surface area contributed by atoms with Crippen LogP contribution >= 0.6 is 11.6 Å². The van der Waals surface area contributed by atoms with Crippen LogP contribution in [-0.4, -0.2) is 23.0 Å². The molecular formula is C12H12ClN3O2. The summed E-state index contributed by atoms with van der Waals surface area (Å²) in [6.07, 6.45) is 3.39. The van der Waals surface area contributed by atoms with Crippen LogP contribution in [0.15, 0.2) is 30.7 Å². The lowest BCUT2D eigenvalue weighted by Crippen LogP contribution is -2.14. The van der Waals surface area contributed by atoms with Gasteiger partial charge in [-0.2, -0.15) is 0 Å². The Hall–Kier alpha value is -2.01. The number of methoxy groups -OCH3 is 1. The molecule has 1 aromatic heterocycles. The summed E-state index contributed by atoms with van der Waals surface area (Å²) in [4.78, 5) is 18.4. The second kappa shape index (κ2) is 5.55. The van der Waals surface area contributed by atoms with Crippen molar-refractivity contribution in [1.82, 2.24) is 9.97 Å². The van der Waals surface area contributed by atoms with Gasteiger partial charge < -0.3 is 15.0 Å². The molecule has 0 aliphatic heterocycles. The molecule has 0 saturated carbocycles. The summed E-state index contributed by atoms with van der Waals surface area (Å²) in [7, 11) is 1.54. The smallest absolute Gasteiger partial charge is 0.230 e. The average Bonchev–Trinajstić information content (AvgIpc) is 2.82. The number of carbonyl (C=O) groups is 1. The molecular weight excluding hydrogens is 254 g/mol. The van der Waals surface area contributed by atoms with Crippen molar-refractivity contribution in [3.63, 3.8) is 0 Å². The number of anilines is 1. The van der Waals surface area contributed by atoms with Crippen molar-refractivity contribution in [3.8, 4) is 5.75 Å². The van der Waals surface area contributed by atoms with Gasteiger partial charge in [-0.25, -0.2) is 4.98 Å². The largest absolute Gasteiger partial charge is 0.495 e. The number of hydrogen-bond acceptors (Lipinski definition) is 3. The Balaban J connectivity index is 2.01. The van der Waals surface area contributed by atoms with Gasteiger partial charge in [-0.05, 0) is 18.2 Å². The number of aromatic amines is 1. The highest BCUT2D eigenvalue weighted by Gasteiger charge is 2.07. The molecule has 0 bridgehead atoms. The predicted octanol–water partition coefficient (Wildman–Crippen LogP) is 2.25. The molecule has 2 N–H and O–H groups in total. The molecule has 5 nitrogen and oxygen atoms in total. The van der Waals surface area contributed by atoms with Gasteiger partial charge in [-0.15, -0.1) is 0 Å². The molecule has 0 aliphatic carbocycles. The maximum Gasteiger partial charge on any atom is 0.230 e. The molecule has 94 valence electrons. The molecule has 0 spiro atoms. The first-order valence-corrected chi connectivity index (χ1v) is 5.67. The standard InChI is InChI=1S/C12H12ClN3O2/c1-18-11-3-2-8(4-10(11)13)16-12(17)5-9-6-14-7-15-9/h2-4,6-7H,5H2,1H3,(H,14,15)(H,16,17). The van der Waals surface area contributed by atoms with Crippen molar-refractivity contribution in [2.75, 3.05) is 12.4 Å². The number of nitrogens with zero attached hydrogens (tertiary/aromatic N) is 1. The third kappa shape index (κ3) is 3.01. The molecule has 0 aliphatic rings. The first-order valence-electron chi connectivity index (χ1n) is 5.29. The molecule has 6 heteroatoms. The van der Waals surface area contributed by atoms with Crippen LogP contribution in [0.1, 0.15) is 5.69 Å². The van der Waals surface area contributed by atoms with E-state index in [0.717, 1.165) is 5.69 Å². The van der Waals surface area contributed by atoms with Crippen molar-refractivity contribution < 1.29 is 9.53 Å². The summed E-state index contributed by atoms with van der Waals surface area (Å²) < 4.78 is 5.03. The fraction of sp³-hybridized carbons (Fsp3) is 0.167. The van der Waals surface area contributed by atoms with Gasteiger partial charge in [0.15, 0.2) is 0 Å². The van der Waals surface area contributed by atoms with Crippen LogP contribution in [0.3, 0.4) is 0 Å². The molecule has 0 saturated heterocycles. The van der Waals surface area contributed by atoms with Gasteiger partial charge in [0.05, 0.1) is 24.9 Å². The molecule has 1 amide bonds. The molecule has 0 radical (unpaired) electrons. The number of nitrogens with one attached hydrogen (secondary N) is 2. The first-order chi connectivity index (χ1) is 8.69. The Morgan fingerprint density at radius 2 is 2.39 bits per heavy atom. The minimum atomic E-state index is -0.138. The number of benzene rings is 1. The van der Waals surface area contributed by atoms with E-state index in [0.29, 0.717) is 16.5 Å². The summed E-state index contributed by atoms with van der Waals surface area (Å²) in [6.45, 7) is 0. The minimum absolute atomic E-state index is 0.138. The molecule has 1 heterocycles. The highest BCUT2D eigenvalue weighted by atomic mass is 35.5. The van der Waals surface area contributed by atoms with E-state index in [1.54, 1.807) is 24.4 Å². The molecule has 0 unspecified atom stereocenters. The molecule has 2 rings (SSSR count). The number of amides is 1. The predicted molar refractivity (Wildman–Crippen MR) is 68.9 cm³/mol. The van der Waals surface area contributed by atoms with Gasteiger partial charge in [0, 0.05) is 17.6 Å². The van der Waals surface area contributed by atoms with Crippen LogP contribution in [0.5, 0.6) is 5.75 Å². The Kier molecular flexibility index (Phi) is 3.84. The van der Waals surface area contributed by atoms with E-state index in [4.69, 9.17) is 16.3 Å². The zero-order valence-corrected chi connectivity index (χ0v) is 10.5. The van der Waals surface area contributed by atoms with Crippen LogP contribution in [0.25, 0.3) is 0 Å². The molecule has 0 fully saturated rings. The lowest BCUT2D eigenvalue weighted by Gasteiger charge is -2.07. The van der Waals surface area contributed by atoms with Crippen molar-refractivity contribution in [1.29, 1.82) is 0 Å². The van der Waals surface area contributed by atoms with Crippen LogP contribution < -0.4 is 10.1 Å². The van der Waals surface area contributed by atoms with Crippen LogP contribution in [0, 0.1) is 0 Å². The van der Waals surface area contributed by atoms with Crippen molar-refractivity contribution >= 4 is 23.2 Å². The monoisotopic (exact) mass is 265 g/mol. The second-order valence-corrected chi connectivity index (χ2v) is 4.06. The number of rotatable bonds is 4. The quantitative estimate of drug-likeness (QED) is 0.891. The summed E-state index contributed by atoms with van der Waals surface area (Å²) in [6, 6.07) is 5.08. The van der Waals surface area contributed by atoms with Gasteiger partial charge in [-0.3, -0.25) is 4.79 Å². The molecule has 0 atom stereocenters. The number of hydrogen-bond donors (Lipinski definition) is 2. The third-order valence-electron chi connectivity index (χ3n) is 2.34. The van der Waals surface area contributed by atoms with Crippen LogP contribution in [0.2, 0.25) is 5.02 Å². The fourth-order valence-electron chi connectivity index (χ4n) is 1.50. The minimum Gasteiger partial charge on any atom is -0.495 e. The summed E-state index contributed by atoms with van der Waals surface area (Å²) >= 11 is 5.96. The Morgan fingerprint density at radius 3 is 3.00 bits per heavy atom. The van der Waals surface area contributed by atoms with E-state index < -0.39 is 0 Å². The zero-order valence-electron chi connectivity index (χ0n) is 9.74. The lowest BCUT2D eigenvalue weighted by molar-refractivity contribution is -0.115. The number of ether oxygens (including phenoxy) is 1. The maximum atomic E-state index is 11.7. The van der Waals surface area contributed by atoms with Crippen molar-refractivity contribution in [3.05, 3.63) is 41.4 Å². The first kappa shape index (κ1) is 12.4. The van der Waals surface area contributed by atoms with Gasteiger partial charge in [-0.1, -0.05) is 11.6 Å². The van der Waals surface area contributed by atoms with Gasteiger partial charge in [0.25, 0.3) is 0 Å². The van der Waals surface area contributed by atoms with Crippen molar-refractivity contribution in [2.45, 2.75) is 6.42 Å². The topological polar surface area (TPSA) is 67.0 Å². The number of halogens is 1. The average molecular weight is 266 g/mol. The number of imidazole rings is 1. The summed E-state index contributed by atoms with van der Waals surface area (Å²) in [5, 5.41) is 3.20. The van der Waals surface area contributed by atoms with Gasteiger partial charge >= 0.3 is 0 Å². The fourth-order valence-corrected chi connectivity index (χ4v) is 1.76. The molecule has 1 aromatic carbocycles. The zero-order chi connectivity index (χ0) is 13.0. The van der Waals surface area contributed by atoms with E-state index in [-0.39, 0.29) is 12.3 Å². The highest BCUT2D eigenvalue weighted by molar-refractivity contribution is 6.32. The lowest BCUT2D eigenvalue weighted by atomic mass is 10.2.